The van der Waals surface area contributed by atoms with Crippen LogP contribution in [-0.2, 0) is 6.61 Å². The second-order valence-corrected chi connectivity index (χ2v) is 9.41. The molecule has 0 unspecified atom stereocenters. The number of benzene rings is 2. The monoisotopic (exact) mass is 526 g/mol. The highest BCUT2D eigenvalue weighted by Crippen LogP contribution is 2.35. The summed E-state index contributed by atoms with van der Waals surface area (Å²) >= 11 is 0. The number of hydrogen-bond donors (Lipinski definition) is 2. The average Bonchev–Trinajstić information content (AvgIpc) is 3.34. The van der Waals surface area contributed by atoms with Gasteiger partial charge >= 0.3 is 0 Å². The molecule has 0 atom stereocenters. The molecule has 1 fully saturated rings. The minimum absolute atomic E-state index is 0.211. The fraction of sp³-hybridized carbons (Fsp3) is 0.250. The number of nitrogen functional groups attached to an aromatic ring is 1. The minimum Gasteiger partial charge on any atom is -0.489 e. The predicted octanol–water partition coefficient (Wildman–Crippen LogP) is 4.61. The van der Waals surface area contributed by atoms with Gasteiger partial charge in [0.15, 0.2) is 5.65 Å². The Kier molecular flexibility index (Phi) is 6.72. The van der Waals surface area contributed by atoms with E-state index in [1.54, 1.807) is 37.5 Å². The van der Waals surface area contributed by atoms with Crippen LogP contribution >= 0.6 is 0 Å². The summed E-state index contributed by atoms with van der Waals surface area (Å²) in [5.41, 5.74) is 9.35. The van der Waals surface area contributed by atoms with Crippen LogP contribution in [0.2, 0.25) is 0 Å². The molecule has 3 N–H and O–H groups in total. The number of ether oxygens (including phenoxy) is 2. The SMILES string of the molecule is Cc1ncc(COc2cc(F)cc(Oc3ccc(-c4nn(C5CCNCC5)c5ncnc(N)c45)cc3)c2)cn1. The number of aryl methyl sites for hydroxylation is 1. The molecule has 1 aliphatic rings. The number of nitrogens with two attached hydrogens (primary N) is 1. The molecule has 10 nitrogen and oxygen atoms in total. The first kappa shape index (κ1) is 24.7. The van der Waals surface area contributed by atoms with Crippen molar-refractivity contribution in [2.45, 2.75) is 32.4 Å². The summed E-state index contributed by atoms with van der Waals surface area (Å²) in [4.78, 5) is 17.0. The molecule has 6 rings (SSSR count). The van der Waals surface area contributed by atoms with Crippen molar-refractivity contribution in [1.29, 1.82) is 0 Å². The smallest absolute Gasteiger partial charge is 0.164 e. The topological polar surface area (TPSA) is 126 Å². The lowest BCUT2D eigenvalue weighted by Crippen LogP contribution is -2.30. The molecule has 39 heavy (non-hydrogen) atoms. The van der Waals surface area contributed by atoms with Crippen molar-refractivity contribution in [2.75, 3.05) is 18.8 Å². The normalized spacial score (nSPS) is 14.0. The molecule has 198 valence electrons. The third-order valence-electron chi connectivity index (χ3n) is 6.62. The Labute approximate surface area is 224 Å². The number of nitrogens with zero attached hydrogens (tertiary/aromatic N) is 6. The van der Waals surface area contributed by atoms with Crippen molar-refractivity contribution in [1.82, 2.24) is 35.0 Å². The first-order chi connectivity index (χ1) is 19.0. The van der Waals surface area contributed by atoms with Crippen LogP contribution in [0, 0.1) is 12.7 Å². The van der Waals surface area contributed by atoms with E-state index >= 15 is 0 Å². The van der Waals surface area contributed by atoms with Gasteiger partial charge in [-0.05, 0) is 57.1 Å². The first-order valence-corrected chi connectivity index (χ1v) is 12.7. The van der Waals surface area contributed by atoms with Crippen LogP contribution in [0.4, 0.5) is 10.2 Å². The zero-order valence-corrected chi connectivity index (χ0v) is 21.3. The van der Waals surface area contributed by atoms with Crippen molar-refractivity contribution in [3.63, 3.8) is 0 Å². The fourth-order valence-electron chi connectivity index (χ4n) is 4.66. The number of fused-ring (bicyclic) bond motifs is 1. The second kappa shape index (κ2) is 10.6. The number of aromatic nitrogens is 6. The Hall–Kier alpha value is -4.64. The Balaban J connectivity index is 1.22. The molecule has 1 aliphatic heterocycles. The van der Waals surface area contributed by atoms with Crippen molar-refractivity contribution in [3.8, 4) is 28.5 Å². The van der Waals surface area contributed by atoms with Crippen LogP contribution in [0.3, 0.4) is 0 Å². The molecule has 2 aromatic carbocycles. The van der Waals surface area contributed by atoms with Gasteiger partial charge in [0, 0.05) is 41.7 Å². The molecule has 5 aromatic rings. The summed E-state index contributed by atoms with van der Waals surface area (Å²) < 4.78 is 28.0. The van der Waals surface area contributed by atoms with Gasteiger partial charge in [-0.3, -0.25) is 0 Å². The fourth-order valence-corrected chi connectivity index (χ4v) is 4.66. The van der Waals surface area contributed by atoms with Crippen LogP contribution in [0.25, 0.3) is 22.3 Å². The summed E-state index contributed by atoms with van der Waals surface area (Å²) in [5, 5.41) is 9.04. The highest BCUT2D eigenvalue weighted by atomic mass is 19.1. The third kappa shape index (κ3) is 5.34. The third-order valence-corrected chi connectivity index (χ3v) is 6.62. The van der Waals surface area contributed by atoms with E-state index in [9.17, 15) is 4.39 Å². The van der Waals surface area contributed by atoms with Gasteiger partial charge in [-0.15, -0.1) is 0 Å². The van der Waals surface area contributed by atoms with Gasteiger partial charge in [0.1, 0.15) is 53.3 Å². The van der Waals surface area contributed by atoms with Gasteiger partial charge in [0.25, 0.3) is 0 Å². The molecule has 0 bridgehead atoms. The van der Waals surface area contributed by atoms with E-state index < -0.39 is 5.82 Å². The quantitative estimate of drug-likeness (QED) is 0.313. The van der Waals surface area contributed by atoms with Crippen LogP contribution in [-0.4, -0.2) is 42.8 Å². The highest BCUT2D eigenvalue weighted by molar-refractivity contribution is 5.98. The predicted molar refractivity (Wildman–Crippen MR) is 144 cm³/mol. The number of piperidine rings is 1. The lowest BCUT2D eigenvalue weighted by Gasteiger charge is -2.23. The lowest BCUT2D eigenvalue weighted by molar-refractivity contribution is 0.301. The number of anilines is 1. The first-order valence-electron chi connectivity index (χ1n) is 12.7. The molecular weight excluding hydrogens is 499 g/mol. The van der Waals surface area contributed by atoms with Crippen molar-refractivity contribution < 1.29 is 13.9 Å². The molecule has 0 saturated carbocycles. The summed E-state index contributed by atoms with van der Waals surface area (Å²) in [6, 6.07) is 11.9. The van der Waals surface area contributed by atoms with Gasteiger partial charge in [0.05, 0.1) is 11.4 Å². The van der Waals surface area contributed by atoms with E-state index in [2.05, 4.69) is 25.3 Å². The lowest BCUT2D eigenvalue weighted by atomic mass is 10.1. The zero-order chi connectivity index (χ0) is 26.8. The van der Waals surface area contributed by atoms with Gasteiger partial charge in [-0.2, -0.15) is 5.10 Å². The summed E-state index contributed by atoms with van der Waals surface area (Å²) in [7, 11) is 0. The highest BCUT2D eigenvalue weighted by Gasteiger charge is 2.23. The average molecular weight is 527 g/mol. The number of hydrogen-bond acceptors (Lipinski definition) is 9. The van der Waals surface area contributed by atoms with Crippen molar-refractivity contribution in [3.05, 3.63) is 78.4 Å². The van der Waals surface area contributed by atoms with Crippen LogP contribution in [0.5, 0.6) is 17.2 Å². The summed E-state index contributed by atoms with van der Waals surface area (Å²) in [6.07, 6.45) is 6.76. The second-order valence-electron chi connectivity index (χ2n) is 9.41. The minimum atomic E-state index is -0.468. The van der Waals surface area contributed by atoms with E-state index in [0.29, 0.717) is 28.9 Å². The maximum absolute atomic E-state index is 14.3. The summed E-state index contributed by atoms with van der Waals surface area (Å²) in [5.74, 6) is 1.79. The van der Waals surface area contributed by atoms with E-state index in [0.717, 1.165) is 53.8 Å². The molecular formula is C28H27FN8O2. The Morgan fingerprint density at radius 3 is 2.49 bits per heavy atom. The molecule has 4 heterocycles. The van der Waals surface area contributed by atoms with Crippen molar-refractivity contribution >= 4 is 16.9 Å². The molecule has 1 saturated heterocycles. The Morgan fingerprint density at radius 1 is 0.974 bits per heavy atom. The molecule has 0 amide bonds. The molecule has 0 spiro atoms. The van der Waals surface area contributed by atoms with Crippen LogP contribution < -0.4 is 20.5 Å². The van der Waals surface area contributed by atoms with E-state index in [-0.39, 0.29) is 12.6 Å². The maximum Gasteiger partial charge on any atom is 0.164 e. The molecule has 11 heteroatoms. The Morgan fingerprint density at radius 2 is 1.72 bits per heavy atom. The number of rotatable bonds is 7. The van der Waals surface area contributed by atoms with E-state index in [4.69, 9.17) is 20.3 Å². The van der Waals surface area contributed by atoms with Gasteiger partial charge in [0.2, 0.25) is 0 Å². The van der Waals surface area contributed by atoms with Crippen molar-refractivity contribution in [2.24, 2.45) is 0 Å². The van der Waals surface area contributed by atoms with E-state index in [1.807, 2.05) is 16.8 Å². The maximum atomic E-state index is 14.3. The van der Waals surface area contributed by atoms with Gasteiger partial charge < -0.3 is 20.5 Å². The largest absolute Gasteiger partial charge is 0.489 e. The Bertz CT molecular complexity index is 1600. The summed E-state index contributed by atoms with van der Waals surface area (Å²) in [6.45, 7) is 3.88. The van der Waals surface area contributed by atoms with Gasteiger partial charge in [-0.1, -0.05) is 0 Å². The molecule has 3 aromatic heterocycles. The van der Waals surface area contributed by atoms with Crippen LogP contribution in [0.15, 0.2) is 61.2 Å². The van der Waals surface area contributed by atoms with E-state index in [1.165, 1.54) is 18.5 Å². The number of nitrogens with one attached hydrogen (secondary N) is 1. The zero-order valence-electron chi connectivity index (χ0n) is 21.3. The molecule has 0 radical (unpaired) electrons. The van der Waals surface area contributed by atoms with Gasteiger partial charge in [-0.25, -0.2) is 29.0 Å². The standard InChI is InChI=1S/C28H27FN8O2/c1-17-32-13-18(14-33-17)15-38-23-10-20(29)11-24(12-23)39-22-4-2-19(3-5-22)26-25-27(30)34-16-35-28(25)37(36-26)21-6-8-31-9-7-21/h2-5,10-14,16,21,31H,6-9,15H2,1H3,(H2,30,34,35). The molecule has 0 aliphatic carbocycles. The number of halogens is 1. The van der Waals surface area contributed by atoms with Crippen LogP contribution in [0.1, 0.15) is 30.3 Å².